The average Bonchev–Trinajstić information content (AvgIpc) is 2.42. The Morgan fingerprint density at radius 2 is 2.21 bits per heavy atom. The van der Waals surface area contributed by atoms with Gasteiger partial charge in [0.25, 0.3) is 0 Å². The summed E-state index contributed by atoms with van der Waals surface area (Å²) >= 11 is 0.947. The number of nitrogens with zero attached hydrogens (tertiary/aromatic N) is 1. The second-order valence-corrected chi connectivity index (χ2v) is 5.08. The topological polar surface area (TPSA) is 90.5 Å². The highest BCUT2D eigenvalue weighted by molar-refractivity contribution is 8.13. The molecule has 2 unspecified atom stereocenters. The maximum absolute atomic E-state index is 10.8. The fourth-order valence-corrected chi connectivity index (χ4v) is 2.09. The largest absolute Gasteiger partial charge is 0.495 e. The Kier molecular flexibility index (Phi) is 5.83. The lowest BCUT2D eigenvalue weighted by Gasteiger charge is -2.18. The summed E-state index contributed by atoms with van der Waals surface area (Å²) in [6.45, 7) is 1.40. The number of aliphatic hydroxyl groups excluding tert-OH is 2. The number of carbonyl (C=O) groups is 1. The third-order valence-corrected chi connectivity index (χ3v) is 3.42. The van der Waals surface area contributed by atoms with Crippen molar-refractivity contribution >= 4 is 16.9 Å². The minimum atomic E-state index is -1.13. The molecule has 0 aliphatic heterocycles. The van der Waals surface area contributed by atoms with E-state index in [1.54, 1.807) is 6.07 Å². The van der Waals surface area contributed by atoms with Crippen molar-refractivity contribution in [3.8, 4) is 11.8 Å². The van der Waals surface area contributed by atoms with E-state index in [-0.39, 0.29) is 10.9 Å². The standard InChI is InChI=1S/C13H15NO4S/c1-8(15)19-7-11(16)13(17)9-3-4-10(6-14)12(5-9)18-2/h3-5,11,13,16-17H,7H2,1-2H3. The van der Waals surface area contributed by atoms with Crippen LogP contribution in [-0.4, -0.2) is 34.3 Å². The lowest BCUT2D eigenvalue weighted by molar-refractivity contribution is -0.109. The highest BCUT2D eigenvalue weighted by Gasteiger charge is 2.20. The minimum Gasteiger partial charge on any atom is -0.495 e. The predicted molar refractivity (Wildman–Crippen MR) is 71.8 cm³/mol. The third-order valence-electron chi connectivity index (χ3n) is 2.51. The minimum absolute atomic E-state index is 0.110. The molecule has 1 aromatic carbocycles. The molecule has 0 spiro atoms. The van der Waals surface area contributed by atoms with Crippen molar-refractivity contribution in [2.75, 3.05) is 12.9 Å². The molecule has 0 bridgehead atoms. The smallest absolute Gasteiger partial charge is 0.185 e. The first-order valence-corrected chi connectivity index (χ1v) is 6.55. The van der Waals surface area contributed by atoms with Crippen LogP contribution in [0.2, 0.25) is 0 Å². The number of hydrogen-bond donors (Lipinski definition) is 2. The lowest BCUT2D eigenvalue weighted by Crippen LogP contribution is -2.21. The number of thioether (sulfide) groups is 1. The molecular formula is C13H15NO4S. The summed E-state index contributed by atoms with van der Waals surface area (Å²) in [6.07, 6.45) is -2.19. The Morgan fingerprint density at radius 3 is 2.74 bits per heavy atom. The van der Waals surface area contributed by atoms with Gasteiger partial charge in [-0.1, -0.05) is 17.8 Å². The van der Waals surface area contributed by atoms with Crippen molar-refractivity contribution in [1.82, 2.24) is 0 Å². The number of hydrogen-bond acceptors (Lipinski definition) is 6. The first-order valence-electron chi connectivity index (χ1n) is 5.57. The molecule has 1 aromatic rings. The summed E-state index contributed by atoms with van der Waals surface area (Å²) in [5.41, 5.74) is 0.790. The first-order chi connectivity index (χ1) is 8.99. The van der Waals surface area contributed by atoms with Crippen molar-refractivity contribution in [2.45, 2.75) is 19.1 Å². The van der Waals surface area contributed by atoms with E-state index in [2.05, 4.69) is 0 Å². The number of rotatable bonds is 5. The van der Waals surface area contributed by atoms with Gasteiger partial charge in [-0.3, -0.25) is 4.79 Å². The van der Waals surface area contributed by atoms with Crippen molar-refractivity contribution in [3.63, 3.8) is 0 Å². The summed E-state index contributed by atoms with van der Waals surface area (Å²) in [6, 6.07) is 6.53. The summed E-state index contributed by atoms with van der Waals surface area (Å²) < 4.78 is 5.03. The van der Waals surface area contributed by atoms with Crippen molar-refractivity contribution in [3.05, 3.63) is 29.3 Å². The Bertz CT molecular complexity index is 498. The number of ether oxygens (including phenoxy) is 1. The highest BCUT2D eigenvalue weighted by Crippen LogP contribution is 2.26. The van der Waals surface area contributed by atoms with Gasteiger partial charge in [-0.25, -0.2) is 0 Å². The highest BCUT2D eigenvalue weighted by atomic mass is 32.2. The maximum atomic E-state index is 10.8. The zero-order chi connectivity index (χ0) is 14.4. The van der Waals surface area contributed by atoms with Gasteiger partial charge in [0, 0.05) is 12.7 Å². The molecule has 102 valence electrons. The van der Waals surface area contributed by atoms with Gasteiger partial charge in [-0.15, -0.1) is 0 Å². The van der Waals surface area contributed by atoms with Crippen LogP contribution in [0.3, 0.4) is 0 Å². The molecule has 0 heterocycles. The maximum Gasteiger partial charge on any atom is 0.185 e. The second-order valence-electron chi connectivity index (χ2n) is 3.89. The predicted octanol–water partition coefficient (Wildman–Crippen LogP) is 1.24. The molecule has 6 heteroatoms. The summed E-state index contributed by atoms with van der Waals surface area (Å²) in [5.74, 6) is 0.448. The normalized spacial score (nSPS) is 13.4. The summed E-state index contributed by atoms with van der Waals surface area (Å²) in [5, 5.41) is 28.5. The average molecular weight is 281 g/mol. The number of benzene rings is 1. The molecule has 0 amide bonds. The molecule has 0 aliphatic carbocycles. The van der Waals surface area contributed by atoms with Crippen LogP contribution < -0.4 is 4.74 Å². The van der Waals surface area contributed by atoms with E-state index in [0.717, 1.165) is 11.8 Å². The van der Waals surface area contributed by atoms with E-state index in [0.29, 0.717) is 16.9 Å². The van der Waals surface area contributed by atoms with E-state index >= 15 is 0 Å². The number of aliphatic hydroxyl groups is 2. The van der Waals surface area contributed by atoms with Gasteiger partial charge in [0.1, 0.15) is 17.9 Å². The molecule has 0 radical (unpaired) electrons. The van der Waals surface area contributed by atoms with Crippen LogP contribution in [0.4, 0.5) is 0 Å². The van der Waals surface area contributed by atoms with Gasteiger partial charge >= 0.3 is 0 Å². The van der Waals surface area contributed by atoms with Crippen molar-refractivity contribution < 1.29 is 19.7 Å². The molecule has 0 saturated carbocycles. The van der Waals surface area contributed by atoms with Crippen LogP contribution in [0.5, 0.6) is 5.75 Å². The molecule has 19 heavy (non-hydrogen) atoms. The van der Waals surface area contributed by atoms with E-state index in [9.17, 15) is 15.0 Å². The van der Waals surface area contributed by atoms with Gasteiger partial charge in [0.15, 0.2) is 5.12 Å². The molecule has 0 fully saturated rings. The molecule has 0 saturated heterocycles. The Balaban J connectivity index is 2.85. The van der Waals surface area contributed by atoms with E-state index < -0.39 is 12.2 Å². The molecule has 2 atom stereocenters. The van der Waals surface area contributed by atoms with Crippen molar-refractivity contribution in [2.24, 2.45) is 0 Å². The van der Waals surface area contributed by atoms with E-state index in [1.807, 2.05) is 6.07 Å². The van der Waals surface area contributed by atoms with Crippen LogP contribution in [0.25, 0.3) is 0 Å². The Labute approximate surface area is 115 Å². The zero-order valence-corrected chi connectivity index (χ0v) is 11.5. The van der Waals surface area contributed by atoms with Crippen LogP contribution in [0, 0.1) is 11.3 Å². The van der Waals surface area contributed by atoms with Crippen LogP contribution in [-0.2, 0) is 4.79 Å². The second kappa shape index (κ2) is 7.14. The Morgan fingerprint density at radius 1 is 1.53 bits per heavy atom. The quantitative estimate of drug-likeness (QED) is 0.844. The van der Waals surface area contributed by atoms with Gasteiger partial charge < -0.3 is 14.9 Å². The monoisotopic (exact) mass is 281 g/mol. The van der Waals surface area contributed by atoms with Gasteiger partial charge in [0.2, 0.25) is 0 Å². The fourth-order valence-electron chi connectivity index (χ4n) is 1.50. The summed E-state index contributed by atoms with van der Waals surface area (Å²) in [7, 11) is 1.42. The molecule has 0 aromatic heterocycles. The molecule has 5 nitrogen and oxygen atoms in total. The first kappa shape index (κ1) is 15.5. The SMILES string of the molecule is COc1cc(C(O)C(O)CSC(C)=O)ccc1C#N. The summed E-state index contributed by atoms with van der Waals surface area (Å²) in [4.78, 5) is 10.8. The third kappa shape index (κ3) is 4.24. The zero-order valence-electron chi connectivity index (χ0n) is 10.7. The van der Waals surface area contributed by atoms with Gasteiger partial charge in [0.05, 0.1) is 18.8 Å². The molecule has 1 rings (SSSR count). The number of carbonyl (C=O) groups excluding carboxylic acids is 1. The van der Waals surface area contributed by atoms with Crippen LogP contribution in [0.15, 0.2) is 18.2 Å². The fraction of sp³-hybridized carbons (Fsp3) is 0.385. The van der Waals surface area contributed by atoms with Gasteiger partial charge in [-0.05, 0) is 17.7 Å². The number of nitriles is 1. The Hall–Kier alpha value is -1.55. The lowest BCUT2D eigenvalue weighted by atomic mass is 10.0. The molecule has 2 N–H and O–H groups in total. The van der Waals surface area contributed by atoms with Crippen LogP contribution in [0.1, 0.15) is 24.2 Å². The number of methoxy groups -OCH3 is 1. The van der Waals surface area contributed by atoms with Crippen molar-refractivity contribution in [1.29, 1.82) is 5.26 Å². The van der Waals surface area contributed by atoms with Gasteiger partial charge in [-0.2, -0.15) is 5.26 Å². The van der Waals surface area contributed by atoms with E-state index in [1.165, 1.54) is 26.2 Å². The molecular weight excluding hydrogens is 266 g/mol. The molecule has 0 aliphatic rings. The van der Waals surface area contributed by atoms with Crippen LogP contribution >= 0.6 is 11.8 Å². The van der Waals surface area contributed by atoms with E-state index in [4.69, 9.17) is 10.00 Å².